The monoisotopic (exact) mass is 158 g/mol. The number of nitrogens with zero attached hydrogens (tertiary/aromatic N) is 1. The second-order valence-electron chi connectivity index (χ2n) is 2.06. The number of nitrogens with two attached hydrogens (primary N) is 1. The van der Waals surface area contributed by atoms with Crippen LogP contribution in [0.1, 0.15) is 0 Å². The first-order chi connectivity index (χ1) is 4.75. The van der Waals surface area contributed by atoms with Gasteiger partial charge in [0.2, 0.25) is 0 Å². The van der Waals surface area contributed by atoms with Crippen LogP contribution in [0.4, 0.5) is 4.79 Å². The maximum Gasteiger partial charge on any atom is 0.286 e. The van der Waals surface area contributed by atoms with E-state index in [1.54, 1.807) is 4.90 Å². The van der Waals surface area contributed by atoms with Crippen molar-refractivity contribution in [2.24, 2.45) is 5.73 Å². The van der Waals surface area contributed by atoms with Crippen LogP contribution in [-0.4, -0.2) is 29.0 Å². The number of hydrogen-bond acceptors (Lipinski definition) is 3. The van der Waals surface area contributed by atoms with E-state index in [2.05, 4.69) is 6.58 Å². The molecular formula is C6H10N2OS. The second kappa shape index (κ2) is 3.07. The van der Waals surface area contributed by atoms with Crippen molar-refractivity contribution in [3.63, 3.8) is 0 Å². The molecule has 1 fully saturated rings. The summed E-state index contributed by atoms with van der Waals surface area (Å²) in [6.45, 7) is 4.84. The van der Waals surface area contributed by atoms with Gasteiger partial charge in [-0.15, -0.1) is 0 Å². The van der Waals surface area contributed by atoms with Crippen LogP contribution in [0.5, 0.6) is 0 Å². The van der Waals surface area contributed by atoms with Crippen LogP contribution >= 0.6 is 11.8 Å². The number of thioether (sulfide) groups is 1. The largest absolute Gasteiger partial charge is 0.329 e. The summed E-state index contributed by atoms with van der Waals surface area (Å²) in [5.74, 6) is 0.721. The van der Waals surface area contributed by atoms with Crippen LogP contribution in [0.2, 0.25) is 0 Å². The van der Waals surface area contributed by atoms with Crippen LogP contribution in [-0.2, 0) is 0 Å². The molecule has 0 atom stereocenters. The molecule has 0 radical (unpaired) electrons. The smallest absolute Gasteiger partial charge is 0.286 e. The van der Waals surface area contributed by atoms with E-state index in [1.165, 1.54) is 11.8 Å². The van der Waals surface area contributed by atoms with Gasteiger partial charge in [0.15, 0.2) is 0 Å². The molecule has 10 heavy (non-hydrogen) atoms. The van der Waals surface area contributed by atoms with E-state index >= 15 is 0 Å². The number of amides is 1. The molecule has 0 spiro atoms. The average molecular weight is 158 g/mol. The van der Waals surface area contributed by atoms with E-state index in [0.717, 1.165) is 11.4 Å². The predicted molar refractivity (Wildman–Crippen MR) is 42.8 cm³/mol. The van der Waals surface area contributed by atoms with Crippen LogP contribution in [0.3, 0.4) is 0 Å². The highest BCUT2D eigenvalue weighted by molar-refractivity contribution is 8.14. The lowest BCUT2D eigenvalue weighted by molar-refractivity contribution is 0.239. The van der Waals surface area contributed by atoms with Gasteiger partial charge in [0.25, 0.3) is 5.24 Å². The second-order valence-corrected chi connectivity index (χ2v) is 2.99. The summed E-state index contributed by atoms with van der Waals surface area (Å²) >= 11 is 1.29. The first-order valence-corrected chi connectivity index (χ1v) is 4.06. The Hall–Kier alpha value is -0.480. The maximum atomic E-state index is 10.9. The topological polar surface area (TPSA) is 46.3 Å². The first-order valence-electron chi connectivity index (χ1n) is 3.08. The minimum atomic E-state index is 0.0791. The summed E-state index contributed by atoms with van der Waals surface area (Å²) in [6.07, 6.45) is 0. The van der Waals surface area contributed by atoms with Gasteiger partial charge in [-0.25, -0.2) is 0 Å². The summed E-state index contributed by atoms with van der Waals surface area (Å²) in [6, 6.07) is 0. The molecule has 0 aromatic carbocycles. The molecule has 56 valence electrons. The lowest BCUT2D eigenvalue weighted by Gasteiger charge is -2.13. The summed E-state index contributed by atoms with van der Waals surface area (Å²) in [5.41, 5.74) is 6.16. The molecule has 1 aliphatic heterocycles. The molecule has 1 saturated heterocycles. The molecule has 0 unspecified atom stereocenters. The lowest BCUT2D eigenvalue weighted by atomic mass is 10.4. The van der Waals surface area contributed by atoms with Crippen molar-refractivity contribution in [2.75, 3.05) is 18.8 Å². The van der Waals surface area contributed by atoms with Gasteiger partial charge < -0.3 is 10.6 Å². The van der Waals surface area contributed by atoms with E-state index in [-0.39, 0.29) is 5.24 Å². The van der Waals surface area contributed by atoms with E-state index in [1.807, 2.05) is 0 Å². The third-order valence-corrected chi connectivity index (χ3v) is 2.26. The van der Waals surface area contributed by atoms with Crippen molar-refractivity contribution in [3.05, 3.63) is 12.3 Å². The van der Waals surface area contributed by atoms with E-state index in [9.17, 15) is 4.79 Å². The molecule has 1 rings (SSSR count). The standard InChI is InChI=1S/C6H10N2OS/c1-5-4-10-6(9)8(5)3-2-7/h1-4,7H2. The molecule has 0 aliphatic carbocycles. The number of hydrogen-bond donors (Lipinski definition) is 1. The fourth-order valence-corrected chi connectivity index (χ4v) is 1.63. The molecule has 2 N–H and O–H groups in total. The minimum Gasteiger partial charge on any atom is -0.329 e. The molecule has 4 heteroatoms. The zero-order chi connectivity index (χ0) is 7.56. The quantitative estimate of drug-likeness (QED) is 0.641. The first kappa shape index (κ1) is 7.63. The van der Waals surface area contributed by atoms with Gasteiger partial charge in [-0.3, -0.25) is 4.79 Å². The molecule has 0 aromatic rings. The normalized spacial score (nSPS) is 18.7. The predicted octanol–water partition coefficient (Wildman–Crippen LogP) is 0.628. The number of carbonyl (C=O) groups excluding carboxylic acids is 1. The molecule has 3 nitrogen and oxygen atoms in total. The van der Waals surface area contributed by atoms with Gasteiger partial charge in [0.05, 0.1) is 0 Å². The summed E-state index contributed by atoms with van der Waals surface area (Å²) < 4.78 is 0. The Morgan fingerprint density at radius 2 is 2.50 bits per heavy atom. The van der Waals surface area contributed by atoms with Crippen molar-refractivity contribution in [1.29, 1.82) is 0 Å². The van der Waals surface area contributed by atoms with Crippen LogP contribution in [0.15, 0.2) is 12.3 Å². The third kappa shape index (κ3) is 1.33. The van der Waals surface area contributed by atoms with E-state index in [4.69, 9.17) is 5.73 Å². The third-order valence-electron chi connectivity index (χ3n) is 1.32. The van der Waals surface area contributed by atoms with Gasteiger partial charge in [0, 0.05) is 24.5 Å². The van der Waals surface area contributed by atoms with Crippen LogP contribution in [0.25, 0.3) is 0 Å². The van der Waals surface area contributed by atoms with Crippen molar-refractivity contribution >= 4 is 17.0 Å². The Morgan fingerprint density at radius 1 is 1.80 bits per heavy atom. The number of rotatable bonds is 2. The number of carbonyl (C=O) groups is 1. The molecule has 1 heterocycles. The lowest BCUT2D eigenvalue weighted by Crippen LogP contribution is -2.27. The van der Waals surface area contributed by atoms with Crippen LogP contribution in [0, 0.1) is 0 Å². The molecule has 1 amide bonds. The zero-order valence-corrected chi connectivity index (χ0v) is 6.49. The average Bonchev–Trinajstić information content (AvgIpc) is 2.20. The molecule has 0 aromatic heterocycles. The van der Waals surface area contributed by atoms with E-state index in [0.29, 0.717) is 13.1 Å². The Kier molecular flexibility index (Phi) is 2.34. The van der Waals surface area contributed by atoms with Gasteiger partial charge in [0.1, 0.15) is 0 Å². The maximum absolute atomic E-state index is 10.9. The van der Waals surface area contributed by atoms with Crippen LogP contribution < -0.4 is 5.73 Å². The van der Waals surface area contributed by atoms with Gasteiger partial charge >= 0.3 is 0 Å². The van der Waals surface area contributed by atoms with Crippen molar-refractivity contribution in [1.82, 2.24) is 4.90 Å². The SMILES string of the molecule is C=C1CSC(=O)N1CCN. The van der Waals surface area contributed by atoms with Gasteiger partial charge in [-0.05, 0) is 0 Å². The highest BCUT2D eigenvalue weighted by Crippen LogP contribution is 2.24. The molecule has 0 bridgehead atoms. The molecule has 1 aliphatic rings. The summed E-state index contributed by atoms with van der Waals surface area (Å²) in [4.78, 5) is 12.6. The fraction of sp³-hybridized carbons (Fsp3) is 0.500. The van der Waals surface area contributed by atoms with Gasteiger partial charge in [-0.1, -0.05) is 18.3 Å². The zero-order valence-electron chi connectivity index (χ0n) is 5.67. The van der Waals surface area contributed by atoms with Crippen molar-refractivity contribution < 1.29 is 4.79 Å². The van der Waals surface area contributed by atoms with Crippen molar-refractivity contribution in [3.8, 4) is 0 Å². The minimum absolute atomic E-state index is 0.0791. The Labute approximate surface area is 64.3 Å². The highest BCUT2D eigenvalue weighted by Gasteiger charge is 2.23. The summed E-state index contributed by atoms with van der Waals surface area (Å²) in [7, 11) is 0. The Bertz CT molecular complexity index is 153. The summed E-state index contributed by atoms with van der Waals surface area (Å²) in [5, 5.41) is 0.0791. The Morgan fingerprint density at radius 3 is 2.90 bits per heavy atom. The van der Waals surface area contributed by atoms with Crippen molar-refractivity contribution in [2.45, 2.75) is 0 Å². The van der Waals surface area contributed by atoms with Gasteiger partial charge in [-0.2, -0.15) is 0 Å². The Balaban J connectivity index is 2.54. The molecular weight excluding hydrogens is 148 g/mol. The highest BCUT2D eigenvalue weighted by atomic mass is 32.2. The fourth-order valence-electron chi connectivity index (χ4n) is 0.808. The van der Waals surface area contributed by atoms with E-state index < -0.39 is 0 Å². The molecule has 0 saturated carbocycles.